The molecule has 0 aliphatic carbocycles. The highest BCUT2D eigenvalue weighted by atomic mass is 16.5. The maximum Gasteiger partial charge on any atom is 0.193 e. The van der Waals surface area contributed by atoms with Crippen LogP contribution < -0.4 is 14.8 Å². The number of rotatable bonds is 9. The lowest BCUT2D eigenvalue weighted by molar-refractivity contribution is 0.0315. The number of benzene rings is 1. The van der Waals surface area contributed by atoms with Crippen LogP contribution in [-0.2, 0) is 4.74 Å². The van der Waals surface area contributed by atoms with E-state index in [9.17, 15) is 0 Å². The Bertz CT molecular complexity index is 634. The molecule has 2 aliphatic rings. The molecule has 29 heavy (non-hydrogen) atoms. The molecule has 0 aromatic heterocycles. The Labute approximate surface area is 175 Å². The van der Waals surface area contributed by atoms with Gasteiger partial charge in [0.2, 0.25) is 0 Å². The highest BCUT2D eigenvalue weighted by Gasteiger charge is 2.27. The van der Waals surface area contributed by atoms with Crippen LogP contribution in [0.2, 0.25) is 0 Å². The van der Waals surface area contributed by atoms with Crippen molar-refractivity contribution < 1.29 is 14.2 Å². The maximum absolute atomic E-state index is 5.82. The average Bonchev–Trinajstić information content (AvgIpc) is 3.22. The van der Waals surface area contributed by atoms with Crippen LogP contribution >= 0.6 is 0 Å². The van der Waals surface area contributed by atoms with E-state index < -0.39 is 0 Å². The predicted molar refractivity (Wildman–Crippen MR) is 116 cm³/mol. The molecular weight excluding hydrogens is 368 g/mol. The van der Waals surface area contributed by atoms with Crippen LogP contribution in [0.25, 0.3) is 0 Å². The molecule has 2 fully saturated rings. The van der Waals surface area contributed by atoms with E-state index in [0.717, 1.165) is 76.4 Å². The van der Waals surface area contributed by atoms with Crippen LogP contribution in [0, 0.1) is 5.92 Å². The molecule has 2 heterocycles. The lowest BCUT2D eigenvalue weighted by atomic mass is 10.1. The summed E-state index contributed by atoms with van der Waals surface area (Å²) in [5, 5.41) is 3.46. The molecule has 3 rings (SSSR count). The number of morpholine rings is 1. The van der Waals surface area contributed by atoms with Crippen molar-refractivity contribution in [2.75, 3.05) is 72.7 Å². The lowest BCUT2D eigenvalue weighted by Crippen LogP contribution is -2.42. The SMILES string of the molecule is CCNC(=NCCCOc1cccc(OC)c1)N1CCC(CN2CCOCC2)C1. The van der Waals surface area contributed by atoms with Crippen molar-refractivity contribution in [3.63, 3.8) is 0 Å². The number of methoxy groups -OCH3 is 1. The molecule has 1 aromatic rings. The summed E-state index contributed by atoms with van der Waals surface area (Å²) in [7, 11) is 1.67. The fourth-order valence-electron chi connectivity index (χ4n) is 3.88. The Balaban J connectivity index is 1.40. The highest BCUT2D eigenvalue weighted by molar-refractivity contribution is 5.80. The molecule has 0 saturated carbocycles. The van der Waals surface area contributed by atoms with Gasteiger partial charge in [0.05, 0.1) is 26.9 Å². The Hall–Kier alpha value is -1.99. The first-order chi connectivity index (χ1) is 14.3. The van der Waals surface area contributed by atoms with E-state index in [1.54, 1.807) is 7.11 Å². The summed E-state index contributed by atoms with van der Waals surface area (Å²) >= 11 is 0. The molecule has 0 radical (unpaired) electrons. The van der Waals surface area contributed by atoms with E-state index in [-0.39, 0.29) is 0 Å². The molecular formula is C22H36N4O3. The number of guanidine groups is 1. The average molecular weight is 405 g/mol. The van der Waals surface area contributed by atoms with E-state index in [4.69, 9.17) is 19.2 Å². The van der Waals surface area contributed by atoms with Gasteiger partial charge in [0.25, 0.3) is 0 Å². The van der Waals surface area contributed by atoms with Gasteiger partial charge in [-0.3, -0.25) is 9.89 Å². The monoisotopic (exact) mass is 404 g/mol. The number of hydrogen-bond donors (Lipinski definition) is 1. The van der Waals surface area contributed by atoms with Crippen LogP contribution in [0.5, 0.6) is 11.5 Å². The van der Waals surface area contributed by atoms with E-state index >= 15 is 0 Å². The molecule has 1 aromatic carbocycles. The zero-order chi connectivity index (χ0) is 20.3. The first-order valence-electron chi connectivity index (χ1n) is 10.9. The zero-order valence-electron chi connectivity index (χ0n) is 17.9. The number of ether oxygens (including phenoxy) is 3. The summed E-state index contributed by atoms with van der Waals surface area (Å²) < 4.78 is 16.5. The van der Waals surface area contributed by atoms with Crippen molar-refractivity contribution in [2.45, 2.75) is 19.8 Å². The van der Waals surface area contributed by atoms with E-state index in [2.05, 4.69) is 22.0 Å². The van der Waals surface area contributed by atoms with Crippen LogP contribution in [-0.4, -0.2) is 88.5 Å². The third-order valence-electron chi connectivity index (χ3n) is 5.41. The summed E-state index contributed by atoms with van der Waals surface area (Å²) in [6.45, 7) is 11.7. The number of nitrogens with zero attached hydrogens (tertiary/aromatic N) is 3. The Morgan fingerprint density at radius 3 is 2.86 bits per heavy atom. The van der Waals surface area contributed by atoms with Crippen molar-refractivity contribution >= 4 is 5.96 Å². The normalized spacial score (nSPS) is 20.7. The van der Waals surface area contributed by atoms with Gasteiger partial charge in [-0.1, -0.05) is 6.07 Å². The maximum atomic E-state index is 5.82. The Kier molecular flexibility index (Phi) is 8.89. The van der Waals surface area contributed by atoms with Gasteiger partial charge < -0.3 is 24.4 Å². The predicted octanol–water partition coefficient (Wildman–Crippen LogP) is 2.08. The molecule has 1 atom stereocenters. The van der Waals surface area contributed by atoms with Crippen LogP contribution in [0.3, 0.4) is 0 Å². The van der Waals surface area contributed by atoms with Crippen molar-refractivity contribution in [1.29, 1.82) is 0 Å². The van der Waals surface area contributed by atoms with Gasteiger partial charge in [0.15, 0.2) is 5.96 Å². The number of nitrogens with one attached hydrogen (secondary N) is 1. The molecule has 0 bridgehead atoms. The van der Waals surface area contributed by atoms with E-state index in [0.29, 0.717) is 12.5 Å². The molecule has 7 nitrogen and oxygen atoms in total. The van der Waals surface area contributed by atoms with Gasteiger partial charge in [-0.25, -0.2) is 0 Å². The quantitative estimate of drug-likeness (QED) is 0.386. The summed E-state index contributed by atoms with van der Waals surface area (Å²) in [6.07, 6.45) is 2.12. The van der Waals surface area contributed by atoms with E-state index in [1.165, 1.54) is 13.0 Å². The van der Waals surface area contributed by atoms with Crippen molar-refractivity contribution in [3.8, 4) is 11.5 Å². The minimum atomic E-state index is 0.649. The molecule has 1 N–H and O–H groups in total. The third kappa shape index (κ3) is 7.08. The van der Waals surface area contributed by atoms with Crippen molar-refractivity contribution in [3.05, 3.63) is 24.3 Å². The molecule has 162 valence electrons. The largest absolute Gasteiger partial charge is 0.497 e. The van der Waals surface area contributed by atoms with Crippen LogP contribution in [0.1, 0.15) is 19.8 Å². The fourth-order valence-corrected chi connectivity index (χ4v) is 3.88. The minimum Gasteiger partial charge on any atom is -0.497 e. The number of likely N-dealkylation sites (tertiary alicyclic amines) is 1. The standard InChI is InChI=1S/C22H36N4O3/c1-3-23-22(24-9-5-13-29-21-7-4-6-20(16-21)27-2)26-10-8-19(18-26)17-25-11-14-28-15-12-25/h4,6-7,16,19H,3,5,8-15,17-18H2,1-2H3,(H,23,24). The van der Waals surface area contributed by atoms with Gasteiger partial charge in [0.1, 0.15) is 11.5 Å². The molecule has 2 saturated heterocycles. The minimum absolute atomic E-state index is 0.649. The summed E-state index contributed by atoms with van der Waals surface area (Å²) in [4.78, 5) is 9.79. The molecule has 2 aliphatic heterocycles. The van der Waals surface area contributed by atoms with Gasteiger partial charge in [-0.05, 0) is 31.4 Å². The Morgan fingerprint density at radius 2 is 2.07 bits per heavy atom. The molecule has 7 heteroatoms. The fraction of sp³-hybridized carbons (Fsp3) is 0.682. The van der Waals surface area contributed by atoms with Crippen LogP contribution in [0.15, 0.2) is 29.3 Å². The molecule has 1 unspecified atom stereocenters. The van der Waals surface area contributed by atoms with Gasteiger partial charge in [-0.2, -0.15) is 0 Å². The number of hydrogen-bond acceptors (Lipinski definition) is 5. The zero-order valence-corrected chi connectivity index (χ0v) is 17.9. The van der Waals surface area contributed by atoms with Gasteiger partial charge in [-0.15, -0.1) is 0 Å². The first kappa shape index (κ1) is 21.7. The topological polar surface area (TPSA) is 58.6 Å². The van der Waals surface area contributed by atoms with Crippen molar-refractivity contribution in [1.82, 2.24) is 15.1 Å². The van der Waals surface area contributed by atoms with Gasteiger partial charge >= 0.3 is 0 Å². The van der Waals surface area contributed by atoms with Crippen molar-refractivity contribution in [2.24, 2.45) is 10.9 Å². The highest BCUT2D eigenvalue weighted by Crippen LogP contribution is 2.19. The Morgan fingerprint density at radius 1 is 1.24 bits per heavy atom. The lowest BCUT2D eigenvalue weighted by Gasteiger charge is -2.29. The second-order valence-electron chi connectivity index (χ2n) is 7.63. The second kappa shape index (κ2) is 11.9. The first-order valence-corrected chi connectivity index (χ1v) is 10.9. The van der Waals surface area contributed by atoms with E-state index in [1.807, 2.05) is 24.3 Å². The third-order valence-corrected chi connectivity index (χ3v) is 5.41. The summed E-state index contributed by atoms with van der Waals surface area (Å²) in [5.41, 5.74) is 0. The smallest absolute Gasteiger partial charge is 0.193 e. The summed E-state index contributed by atoms with van der Waals surface area (Å²) in [6, 6.07) is 7.72. The second-order valence-corrected chi connectivity index (χ2v) is 7.63. The molecule has 0 amide bonds. The number of aliphatic imine (C=N–C) groups is 1. The molecule has 0 spiro atoms. The van der Waals surface area contributed by atoms with Crippen LogP contribution in [0.4, 0.5) is 0 Å². The van der Waals surface area contributed by atoms with Gasteiger partial charge in [0, 0.05) is 58.3 Å². The summed E-state index contributed by atoms with van der Waals surface area (Å²) in [5.74, 6) is 3.41.